The topological polar surface area (TPSA) is 32.7 Å². The Bertz CT molecular complexity index is 417. The Morgan fingerprint density at radius 2 is 2.25 bits per heavy atom. The minimum atomic E-state index is 0.301. The second kappa shape index (κ2) is 3.67. The van der Waals surface area contributed by atoms with Gasteiger partial charge in [-0.2, -0.15) is 0 Å². The van der Waals surface area contributed by atoms with E-state index < -0.39 is 0 Å². The Balaban J connectivity index is 2.07. The molecule has 0 saturated heterocycles. The van der Waals surface area contributed by atoms with Gasteiger partial charge in [0.25, 0.3) is 0 Å². The maximum atomic E-state index is 9.77. The molecule has 3 rings (SSSR count). The van der Waals surface area contributed by atoms with Gasteiger partial charge in [0.1, 0.15) is 0 Å². The number of aromatic hydroxyl groups is 1. The van der Waals surface area contributed by atoms with Crippen LogP contribution in [0.25, 0.3) is 0 Å². The van der Waals surface area contributed by atoms with E-state index in [0.717, 1.165) is 38.3 Å². The molecule has 0 saturated carbocycles. The molecule has 0 amide bonds. The number of hydrogen-bond acceptors (Lipinski definition) is 3. The highest BCUT2D eigenvalue weighted by molar-refractivity contribution is 5.54. The first-order valence-corrected chi connectivity index (χ1v) is 5.92. The van der Waals surface area contributed by atoms with Crippen molar-refractivity contribution in [3.05, 3.63) is 23.3 Å². The fourth-order valence-corrected chi connectivity index (χ4v) is 2.74. The van der Waals surface area contributed by atoms with E-state index in [1.165, 1.54) is 11.1 Å². The van der Waals surface area contributed by atoms with Crippen LogP contribution in [0.4, 0.5) is 0 Å². The fraction of sp³-hybridized carbons (Fsp3) is 0.538. The first-order chi connectivity index (χ1) is 7.75. The molecule has 3 nitrogen and oxygen atoms in total. The predicted octanol–water partition coefficient (Wildman–Crippen LogP) is 1.75. The van der Waals surface area contributed by atoms with Crippen molar-refractivity contribution in [2.75, 3.05) is 26.7 Å². The van der Waals surface area contributed by atoms with Crippen LogP contribution in [0.2, 0.25) is 0 Å². The van der Waals surface area contributed by atoms with Gasteiger partial charge in [0.15, 0.2) is 11.5 Å². The number of nitrogens with zero attached hydrogens (tertiary/aromatic N) is 1. The maximum Gasteiger partial charge on any atom is 0.164 e. The van der Waals surface area contributed by atoms with Gasteiger partial charge in [-0.25, -0.2) is 0 Å². The molecular formula is C13H17NO2. The summed E-state index contributed by atoms with van der Waals surface area (Å²) in [6, 6.07) is 3.81. The lowest BCUT2D eigenvalue weighted by Gasteiger charge is -2.23. The lowest BCUT2D eigenvalue weighted by Crippen LogP contribution is -2.26. The van der Waals surface area contributed by atoms with Gasteiger partial charge >= 0.3 is 0 Å². The van der Waals surface area contributed by atoms with Gasteiger partial charge in [0, 0.05) is 18.0 Å². The SMILES string of the molecule is CN1CCc2ccc(O)c3c2[C@@H](CC1)CO3. The van der Waals surface area contributed by atoms with E-state index >= 15 is 0 Å². The van der Waals surface area contributed by atoms with E-state index in [1.54, 1.807) is 6.07 Å². The van der Waals surface area contributed by atoms with Crippen molar-refractivity contribution < 1.29 is 9.84 Å². The highest BCUT2D eigenvalue weighted by atomic mass is 16.5. The van der Waals surface area contributed by atoms with Crippen LogP contribution in [0.5, 0.6) is 11.5 Å². The second-order valence-electron chi connectivity index (χ2n) is 4.84. The molecule has 1 atom stereocenters. The van der Waals surface area contributed by atoms with Crippen LogP contribution < -0.4 is 4.74 Å². The number of hydrogen-bond donors (Lipinski definition) is 1. The number of phenolic OH excluding ortho intramolecular Hbond substituents is 1. The minimum absolute atomic E-state index is 0.301. The molecule has 0 aliphatic carbocycles. The summed E-state index contributed by atoms with van der Waals surface area (Å²) >= 11 is 0. The highest BCUT2D eigenvalue weighted by Gasteiger charge is 2.30. The minimum Gasteiger partial charge on any atom is -0.504 e. The van der Waals surface area contributed by atoms with Crippen LogP contribution in [0.15, 0.2) is 12.1 Å². The molecule has 0 aromatic heterocycles. The number of rotatable bonds is 0. The number of likely N-dealkylation sites (N-methyl/N-ethyl adjacent to an activating group) is 1. The largest absolute Gasteiger partial charge is 0.504 e. The Labute approximate surface area is 95.6 Å². The fourth-order valence-electron chi connectivity index (χ4n) is 2.74. The van der Waals surface area contributed by atoms with E-state index in [0.29, 0.717) is 11.7 Å². The van der Waals surface area contributed by atoms with Crippen molar-refractivity contribution >= 4 is 0 Å². The smallest absolute Gasteiger partial charge is 0.164 e. The summed E-state index contributed by atoms with van der Waals surface area (Å²) in [5.74, 6) is 1.52. The van der Waals surface area contributed by atoms with Crippen LogP contribution in [0.1, 0.15) is 23.5 Å². The molecule has 3 heteroatoms. The number of phenols is 1. The molecule has 86 valence electrons. The van der Waals surface area contributed by atoms with E-state index in [2.05, 4.69) is 18.0 Å². The van der Waals surface area contributed by atoms with Gasteiger partial charge in [0.2, 0.25) is 0 Å². The second-order valence-corrected chi connectivity index (χ2v) is 4.84. The zero-order valence-corrected chi connectivity index (χ0v) is 9.57. The third-order valence-corrected chi connectivity index (χ3v) is 3.72. The lowest BCUT2D eigenvalue weighted by atomic mass is 9.90. The van der Waals surface area contributed by atoms with Crippen molar-refractivity contribution in [1.29, 1.82) is 0 Å². The standard InChI is InChI=1S/C13H17NO2/c1-14-6-4-9-2-3-11(15)13-12(9)10(5-7-14)8-16-13/h2-3,10,15H,4-8H2,1H3/t10-/m0/s1. The van der Waals surface area contributed by atoms with Crippen molar-refractivity contribution in [2.24, 2.45) is 0 Å². The van der Waals surface area contributed by atoms with Gasteiger partial charge < -0.3 is 14.7 Å². The van der Waals surface area contributed by atoms with E-state index in [9.17, 15) is 5.11 Å². The van der Waals surface area contributed by atoms with Crippen molar-refractivity contribution in [3.8, 4) is 11.5 Å². The third-order valence-electron chi connectivity index (χ3n) is 3.72. The molecule has 2 aliphatic rings. The van der Waals surface area contributed by atoms with E-state index in [4.69, 9.17) is 4.74 Å². The molecule has 1 N–H and O–H groups in total. The Morgan fingerprint density at radius 3 is 3.12 bits per heavy atom. The Kier molecular flexibility index (Phi) is 2.28. The van der Waals surface area contributed by atoms with Crippen LogP contribution >= 0.6 is 0 Å². The summed E-state index contributed by atoms with van der Waals surface area (Å²) in [6.45, 7) is 2.93. The van der Waals surface area contributed by atoms with Crippen molar-refractivity contribution in [1.82, 2.24) is 4.90 Å². The van der Waals surface area contributed by atoms with Gasteiger partial charge in [-0.05, 0) is 38.1 Å². The normalized spacial score (nSPS) is 24.4. The first-order valence-electron chi connectivity index (χ1n) is 5.92. The first kappa shape index (κ1) is 9.97. The Hall–Kier alpha value is -1.22. The average Bonchev–Trinajstić information content (AvgIpc) is 2.68. The average molecular weight is 219 g/mol. The zero-order valence-electron chi connectivity index (χ0n) is 9.57. The molecule has 0 bridgehead atoms. The van der Waals surface area contributed by atoms with Crippen LogP contribution in [-0.4, -0.2) is 36.8 Å². The summed E-state index contributed by atoms with van der Waals surface area (Å²) in [5, 5.41) is 9.77. The predicted molar refractivity (Wildman–Crippen MR) is 62.2 cm³/mol. The van der Waals surface area contributed by atoms with Crippen molar-refractivity contribution in [3.63, 3.8) is 0 Å². The van der Waals surface area contributed by atoms with Gasteiger partial charge in [-0.15, -0.1) is 0 Å². The summed E-state index contributed by atoms with van der Waals surface area (Å²) in [5.41, 5.74) is 2.62. The highest BCUT2D eigenvalue weighted by Crippen LogP contribution is 2.44. The summed E-state index contributed by atoms with van der Waals surface area (Å²) in [4.78, 5) is 2.37. The molecule has 1 aromatic carbocycles. The maximum absolute atomic E-state index is 9.77. The molecule has 2 aliphatic heterocycles. The summed E-state index contributed by atoms with van der Waals surface area (Å²) in [6.07, 6.45) is 2.18. The Morgan fingerprint density at radius 1 is 1.38 bits per heavy atom. The van der Waals surface area contributed by atoms with Gasteiger partial charge in [-0.3, -0.25) is 0 Å². The monoisotopic (exact) mass is 219 g/mol. The molecule has 1 aromatic rings. The van der Waals surface area contributed by atoms with Crippen LogP contribution in [0.3, 0.4) is 0 Å². The van der Waals surface area contributed by atoms with Crippen LogP contribution in [-0.2, 0) is 6.42 Å². The number of ether oxygens (including phenoxy) is 1. The molecule has 2 heterocycles. The molecule has 0 unspecified atom stereocenters. The zero-order chi connectivity index (χ0) is 11.1. The van der Waals surface area contributed by atoms with E-state index in [-0.39, 0.29) is 0 Å². The molecule has 0 radical (unpaired) electrons. The summed E-state index contributed by atoms with van der Waals surface area (Å²) in [7, 11) is 2.17. The quantitative estimate of drug-likeness (QED) is 0.721. The van der Waals surface area contributed by atoms with Gasteiger partial charge in [0.05, 0.1) is 6.61 Å². The molecule has 0 spiro atoms. The summed E-state index contributed by atoms with van der Waals surface area (Å²) < 4.78 is 5.63. The number of benzene rings is 1. The molecular weight excluding hydrogens is 202 g/mol. The lowest BCUT2D eigenvalue weighted by molar-refractivity contribution is 0.279. The molecule has 16 heavy (non-hydrogen) atoms. The van der Waals surface area contributed by atoms with Gasteiger partial charge in [-0.1, -0.05) is 6.07 Å². The molecule has 0 fully saturated rings. The van der Waals surface area contributed by atoms with Crippen LogP contribution in [0, 0.1) is 0 Å². The van der Waals surface area contributed by atoms with E-state index in [1.807, 2.05) is 0 Å². The van der Waals surface area contributed by atoms with Crippen molar-refractivity contribution in [2.45, 2.75) is 18.8 Å². The third kappa shape index (κ3) is 1.47.